The Hall–Kier alpha value is -2.88. The number of nitrogens with one attached hydrogen (secondary N) is 1. The summed E-state index contributed by atoms with van der Waals surface area (Å²) in [6.07, 6.45) is 0. The summed E-state index contributed by atoms with van der Waals surface area (Å²) < 4.78 is 16.1. The van der Waals surface area contributed by atoms with E-state index in [9.17, 15) is 9.18 Å². The molecule has 4 heteroatoms. The summed E-state index contributed by atoms with van der Waals surface area (Å²) in [4.78, 5) is 13.1. The lowest BCUT2D eigenvalue weighted by Crippen LogP contribution is -2.29. The van der Waals surface area contributed by atoms with Crippen molar-refractivity contribution in [2.75, 3.05) is 0 Å². The van der Waals surface area contributed by atoms with Gasteiger partial charge in [0, 0.05) is 11.3 Å². The van der Waals surface area contributed by atoms with E-state index in [4.69, 9.17) is 0 Å². The number of nitrogens with zero attached hydrogens (tertiary/aromatic N) is 1. The molecule has 1 N–H and O–H groups in total. The van der Waals surface area contributed by atoms with Crippen LogP contribution in [0.3, 0.4) is 0 Å². The Labute approximate surface area is 159 Å². The van der Waals surface area contributed by atoms with Crippen LogP contribution in [0.1, 0.15) is 51.4 Å². The first-order valence-corrected chi connectivity index (χ1v) is 9.15. The molecule has 0 aliphatic rings. The van der Waals surface area contributed by atoms with Gasteiger partial charge in [0.25, 0.3) is 5.91 Å². The first-order chi connectivity index (χ1) is 12.9. The Bertz CT molecular complexity index is 960. The van der Waals surface area contributed by atoms with Gasteiger partial charge in [0.2, 0.25) is 0 Å². The van der Waals surface area contributed by atoms with Crippen LogP contribution in [-0.4, -0.2) is 10.5 Å². The molecule has 0 spiro atoms. The number of carbonyl (C=O) groups excluding carboxylic acids is 1. The summed E-state index contributed by atoms with van der Waals surface area (Å²) in [5, 5.41) is 3.08. The van der Waals surface area contributed by atoms with Crippen molar-refractivity contribution in [3.8, 4) is 0 Å². The predicted molar refractivity (Wildman–Crippen MR) is 106 cm³/mol. The third-order valence-corrected chi connectivity index (χ3v) is 5.28. The van der Waals surface area contributed by atoms with E-state index in [0.717, 1.165) is 22.4 Å². The lowest BCUT2D eigenvalue weighted by molar-refractivity contribution is 0.0930. The van der Waals surface area contributed by atoms with Crippen LogP contribution in [0.2, 0.25) is 0 Å². The molecule has 0 saturated carbocycles. The van der Waals surface area contributed by atoms with Crippen molar-refractivity contribution in [2.24, 2.45) is 0 Å². The zero-order valence-electron chi connectivity index (χ0n) is 16.2. The molecule has 3 aromatic rings. The molecular weight excluding hydrogens is 339 g/mol. The molecule has 0 unspecified atom stereocenters. The number of hydrogen-bond acceptors (Lipinski definition) is 1. The SMILES string of the molecule is Cc1c(C)c(C(=O)N[C@@H](C)c2ccccc2)n(Cc2ccccc2F)c1C. The molecule has 2 aromatic carbocycles. The van der Waals surface area contributed by atoms with Gasteiger partial charge in [-0.15, -0.1) is 0 Å². The smallest absolute Gasteiger partial charge is 0.268 e. The number of benzene rings is 2. The average Bonchev–Trinajstić information content (AvgIpc) is 2.88. The Morgan fingerprint density at radius 3 is 2.30 bits per heavy atom. The monoisotopic (exact) mass is 364 g/mol. The van der Waals surface area contributed by atoms with Crippen molar-refractivity contribution in [3.63, 3.8) is 0 Å². The van der Waals surface area contributed by atoms with Crippen LogP contribution in [0.4, 0.5) is 4.39 Å². The second-order valence-corrected chi connectivity index (χ2v) is 6.97. The number of halogens is 1. The molecule has 1 amide bonds. The van der Waals surface area contributed by atoms with Crippen molar-refractivity contribution in [3.05, 3.63) is 94.1 Å². The van der Waals surface area contributed by atoms with Crippen LogP contribution in [-0.2, 0) is 6.54 Å². The zero-order valence-corrected chi connectivity index (χ0v) is 16.2. The van der Waals surface area contributed by atoms with Crippen LogP contribution in [0.15, 0.2) is 54.6 Å². The normalized spacial score (nSPS) is 12.0. The Balaban J connectivity index is 1.94. The quantitative estimate of drug-likeness (QED) is 0.672. The van der Waals surface area contributed by atoms with Gasteiger partial charge in [0.15, 0.2) is 0 Å². The van der Waals surface area contributed by atoms with Crippen LogP contribution >= 0.6 is 0 Å². The summed E-state index contributed by atoms with van der Waals surface area (Å²) in [5.41, 5.74) is 5.18. The number of aromatic nitrogens is 1. The van der Waals surface area contributed by atoms with Gasteiger partial charge in [0.05, 0.1) is 12.6 Å². The van der Waals surface area contributed by atoms with Crippen molar-refractivity contribution >= 4 is 5.91 Å². The van der Waals surface area contributed by atoms with E-state index in [1.54, 1.807) is 12.1 Å². The summed E-state index contributed by atoms with van der Waals surface area (Å²) in [7, 11) is 0. The highest BCUT2D eigenvalue weighted by atomic mass is 19.1. The average molecular weight is 364 g/mol. The van der Waals surface area contributed by atoms with E-state index >= 15 is 0 Å². The summed E-state index contributed by atoms with van der Waals surface area (Å²) in [5.74, 6) is -0.402. The molecule has 140 valence electrons. The van der Waals surface area contributed by atoms with Crippen molar-refractivity contribution in [1.29, 1.82) is 0 Å². The van der Waals surface area contributed by atoms with E-state index in [2.05, 4.69) is 5.32 Å². The second-order valence-electron chi connectivity index (χ2n) is 6.97. The van der Waals surface area contributed by atoms with Gasteiger partial charge < -0.3 is 9.88 Å². The maximum atomic E-state index is 14.2. The lowest BCUT2D eigenvalue weighted by Gasteiger charge is -2.17. The van der Waals surface area contributed by atoms with Crippen molar-refractivity contribution in [1.82, 2.24) is 9.88 Å². The van der Waals surface area contributed by atoms with E-state index in [1.807, 2.05) is 68.7 Å². The van der Waals surface area contributed by atoms with Gasteiger partial charge in [-0.05, 0) is 50.5 Å². The van der Waals surface area contributed by atoms with Gasteiger partial charge in [-0.3, -0.25) is 4.79 Å². The molecule has 3 nitrogen and oxygen atoms in total. The Morgan fingerprint density at radius 2 is 1.63 bits per heavy atom. The molecule has 1 aromatic heterocycles. The maximum absolute atomic E-state index is 14.2. The fourth-order valence-electron chi connectivity index (χ4n) is 3.40. The minimum absolute atomic E-state index is 0.115. The number of amides is 1. The van der Waals surface area contributed by atoms with E-state index < -0.39 is 0 Å². The molecule has 0 bridgehead atoms. The van der Waals surface area contributed by atoms with Crippen LogP contribution < -0.4 is 5.32 Å². The fraction of sp³-hybridized carbons (Fsp3) is 0.261. The van der Waals surface area contributed by atoms with Gasteiger partial charge in [-0.2, -0.15) is 0 Å². The standard InChI is InChI=1S/C23H25FN2O/c1-15-16(2)22(23(27)25-17(3)19-10-6-5-7-11-19)26(18(15)4)14-20-12-8-9-13-21(20)24/h5-13,17H,14H2,1-4H3,(H,25,27)/t17-/m0/s1. The van der Waals surface area contributed by atoms with E-state index in [1.165, 1.54) is 6.07 Å². The molecule has 1 atom stereocenters. The highest BCUT2D eigenvalue weighted by Gasteiger charge is 2.22. The first kappa shape index (κ1) is 18.9. The number of hydrogen-bond donors (Lipinski definition) is 1. The van der Waals surface area contributed by atoms with E-state index in [-0.39, 0.29) is 17.8 Å². The molecule has 27 heavy (non-hydrogen) atoms. The second kappa shape index (κ2) is 7.78. The summed E-state index contributed by atoms with van der Waals surface area (Å²) in [6, 6.07) is 16.4. The van der Waals surface area contributed by atoms with Crippen molar-refractivity contribution < 1.29 is 9.18 Å². The molecule has 3 rings (SSSR count). The predicted octanol–water partition coefficient (Wildman–Crippen LogP) is 5.09. The third kappa shape index (κ3) is 3.80. The van der Waals surface area contributed by atoms with Gasteiger partial charge in [-0.25, -0.2) is 4.39 Å². The largest absolute Gasteiger partial charge is 0.344 e. The minimum atomic E-state index is -0.259. The van der Waals surface area contributed by atoms with Crippen LogP contribution in [0, 0.1) is 26.6 Å². The molecule has 0 radical (unpaired) electrons. The van der Waals surface area contributed by atoms with Gasteiger partial charge in [-0.1, -0.05) is 48.5 Å². The van der Waals surface area contributed by atoms with Crippen LogP contribution in [0.5, 0.6) is 0 Å². The fourth-order valence-corrected chi connectivity index (χ4v) is 3.40. The Kier molecular flexibility index (Phi) is 5.45. The molecule has 0 aliphatic heterocycles. The zero-order chi connectivity index (χ0) is 19.6. The topological polar surface area (TPSA) is 34.0 Å². The third-order valence-electron chi connectivity index (χ3n) is 5.28. The van der Waals surface area contributed by atoms with Crippen LogP contribution in [0.25, 0.3) is 0 Å². The Morgan fingerprint density at radius 1 is 1.00 bits per heavy atom. The molecule has 1 heterocycles. The maximum Gasteiger partial charge on any atom is 0.268 e. The minimum Gasteiger partial charge on any atom is -0.344 e. The lowest BCUT2D eigenvalue weighted by atomic mass is 10.1. The molecule has 0 aliphatic carbocycles. The first-order valence-electron chi connectivity index (χ1n) is 9.15. The number of carbonyl (C=O) groups is 1. The summed E-state index contributed by atoms with van der Waals surface area (Å²) in [6.45, 7) is 8.21. The van der Waals surface area contributed by atoms with Crippen molar-refractivity contribution in [2.45, 2.75) is 40.3 Å². The van der Waals surface area contributed by atoms with Gasteiger partial charge >= 0.3 is 0 Å². The van der Waals surface area contributed by atoms with Gasteiger partial charge in [0.1, 0.15) is 11.5 Å². The molecule has 0 fully saturated rings. The highest BCUT2D eigenvalue weighted by molar-refractivity contribution is 5.95. The molecular formula is C23H25FN2O. The highest BCUT2D eigenvalue weighted by Crippen LogP contribution is 2.24. The van der Waals surface area contributed by atoms with E-state index in [0.29, 0.717) is 17.8 Å². The molecule has 0 saturated heterocycles. The number of rotatable bonds is 5. The summed E-state index contributed by atoms with van der Waals surface area (Å²) >= 11 is 0.